The molecule has 0 spiro atoms. The smallest absolute Gasteiger partial charge is 0.212 e. The van der Waals surface area contributed by atoms with E-state index in [-0.39, 0.29) is 11.5 Å². The van der Waals surface area contributed by atoms with E-state index in [4.69, 9.17) is 18.9 Å². The van der Waals surface area contributed by atoms with Gasteiger partial charge >= 0.3 is 0 Å². The van der Waals surface area contributed by atoms with Gasteiger partial charge in [-0.25, -0.2) is 0 Å². The first-order valence-electron chi connectivity index (χ1n) is 12.2. The Morgan fingerprint density at radius 2 is 1.32 bits per heavy atom. The molecule has 0 unspecified atom stereocenters. The van der Waals surface area contributed by atoms with E-state index < -0.39 is 0 Å². The van der Waals surface area contributed by atoms with Crippen LogP contribution in [0.5, 0.6) is 23.0 Å². The summed E-state index contributed by atoms with van der Waals surface area (Å²) in [5, 5.41) is 1.41. The number of ether oxygens (including phenoxy) is 4. The first-order valence-corrected chi connectivity index (χ1v) is 12.2. The van der Waals surface area contributed by atoms with Crippen LogP contribution in [-0.2, 0) is 13.2 Å². The molecule has 190 valence electrons. The molecule has 0 N–H and O–H groups in total. The lowest BCUT2D eigenvalue weighted by Gasteiger charge is -2.16. The highest BCUT2D eigenvalue weighted by Crippen LogP contribution is 2.39. The lowest BCUT2D eigenvalue weighted by Crippen LogP contribution is -2.08. The van der Waals surface area contributed by atoms with Gasteiger partial charge < -0.3 is 18.9 Å². The highest BCUT2D eigenvalue weighted by Gasteiger charge is 2.22. The summed E-state index contributed by atoms with van der Waals surface area (Å²) in [4.78, 5) is 18.3. The fourth-order valence-electron chi connectivity index (χ4n) is 4.23. The predicted molar refractivity (Wildman–Crippen MR) is 146 cm³/mol. The molecule has 0 fully saturated rings. The third kappa shape index (κ3) is 5.30. The molecule has 0 amide bonds. The number of carbonyl (C=O) groups excluding carboxylic acids is 1. The summed E-state index contributed by atoms with van der Waals surface area (Å²) < 4.78 is 23.4. The third-order valence-corrected chi connectivity index (χ3v) is 6.17. The Morgan fingerprint density at radius 1 is 0.684 bits per heavy atom. The van der Waals surface area contributed by atoms with Gasteiger partial charge in [-0.15, -0.1) is 0 Å². The van der Waals surface area contributed by atoms with Crippen molar-refractivity contribution in [1.29, 1.82) is 0 Å². The van der Waals surface area contributed by atoms with Crippen LogP contribution < -0.4 is 18.9 Å². The van der Waals surface area contributed by atoms with Crippen molar-refractivity contribution in [2.75, 3.05) is 14.2 Å². The van der Waals surface area contributed by atoms with E-state index >= 15 is 0 Å². The number of aromatic nitrogens is 1. The number of rotatable bonds is 10. The van der Waals surface area contributed by atoms with Crippen LogP contribution >= 0.6 is 0 Å². The van der Waals surface area contributed by atoms with E-state index in [1.807, 2.05) is 78.9 Å². The van der Waals surface area contributed by atoms with E-state index in [1.54, 1.807) is 38.6 Å². The molecule has 0 radical (unpaired) electrons. The Labute approximate surface area is 221 Å². The van der Waals surface area contributed by atoms with Crippen molar-refractivity contribution < 1.29 is 23.7 Å². The number of fused-ring (bicyclic) bond motifs is 1. The molecule has 0 bridgehead atoms. The number of carbonyl (C=O) groups is 1. The Morgan fingerprint density at radius 3 is 1.97 bits per heavy atom. The second-order valence-corrected chi connectivity index (χ2v) is 8.60. The van der Waals surface area contributed by atoms with E-state index in [9.17, 15) is 4.79 Å². The van der Waals surface area contributed by atoms with E-state index in [1.165, 1.54) is 0 Å². The fourth-order valence-corrected chi connectivity index (χ4v) is 4.23. The van der Waals surface area contributed by atoms with Crippen LogP contribution in [0.1, 0.15) is 27.2 Å². The van der Waals surface area contributed by atoms with Crippen LogP contribution in [0.15, 0.2) is 103 Å². The number of methoxy groups -OCH3 is 2. The Hall–Kier alpha value is -4.84. The lowest BCUT2D eigenvalue weighted by molar-refractivity contribution is 0.103. The van der Waals surface area contributed by atoms with Gasteiger partial charge in [-0.05, 0) is 46.8 Å². The van der Waals surface area contributed by atoms with Gasteiger partial charge in [0.05, 0.1) is 19.6 Å². The van der Waals surface area contributed by atoms with Gasteiger partial charge in [0.1, 0.15) is 18.9 Å². The Kier molecular flexibility index (Phi) is 7.50. The Bertz CT molecular complexity index is 1550. The molecule has 6 nitrogen and oxygen atoms in total. The van der Waals surface area contributed by atoms with Gasteiger partial charge in [0.2, 0.25) is 5.78 Å². The molecule has 5 aromatic rings. The van der Waals surface area contributed by atoms with Crippen LogP contribution in [0, 0.1) is 0 Å². The van der Waals surface area contributed by atoms with Gasteiger partial charge in [-0.1, -0.05) is 66.7 Å². The van der Waals surface area contributed by atoms with Crippen LogP contribution in [0.4, 0.5) is 0 Å². The van der Waals surface area contributed by atoms with Crippen molar-refractivity contribution in [3.8, 4) is 23.0 Å². The van der Waals surface area contributed by atoms with Crippen LogP contribution in [0.3, 0.4) is 0 Å². The maximum absolute atomic E-state index is 13.9. The number of nitrogens with zero attached hydrogens (tertiary/aromatic N) is 1. The molecule has 0 saturated heterocycles. The maximum Gasteiger partial charge on any atom is 0.212 e. The van der Waals surface area contributed by atoms with Crippen molar-refractivity contribution in [2.45, 2.75) is 13.2 Å². The normalized spacial score (nSPS) is 10.7. The molecule has 5 rings (SSSR count). The molecule has 0 aliphatic carbocycles. The van der Waals surface area contributed by atoms with Crippen molar-refractivity contribution in [3.63, 3.8) is 0 Å². The monoisotopic (exact) mass is 505 g/mol. The topological polar surface area (TPSA) is 66.9 Å². The summed E-state index contributed by atoms with van der Waals surface area (Å²) in [5.41, 5.74) is 2.70. The Balaban J connectivity index is 1.52. The number of ketones is 1. The zero-order chi connectivity index (χ0) is 26.3. The van der Waals surface area contributed by atoms with Gasteiger partial charge in [0, 0.05) is 11.8 Å². The zero-order valence-corrected chi connectivity index (χ0v) is 21.2. The minimum atomic E-state index is -0.263. The molecular formula is C32H27NO5. The largest absolute Gasteiger partial charge is 0.493 e. The van der Waals surface area contributed by atoms with Crippen molar-refractivity contribution in [2.24, 2.45) is 0 Å². The first kappa shape index (κ1) is 24.8. The second kappa shape index (κ2) is 11.5. The number of hydrogen-bond acceptors (Lipinski definition) is 6. The summed E-state index contributed by atoms with van der Waals surface area (Å²) in [6.07, 6.45) is 1.62. The van der Waals surface area contributed by atoms with Crippen LogP contribution in [0.25, 0.3) is 10.8 Å². The zero-order valence-electron chi connectivity index (χ0n) is 21.2. The molecule has 1 heterocycles. The average molecular weight is 506 g/mol. The quantitative estimate of drug-likeness (QED) is 0.198. The molecule has 1 aromatic heterocycles. The minimum absolute atomic E-state index is 0.263. The summed E-state index contributed by atoms with van der Waals surface area (Å²) in [6, 6.07) is 30.3. The lowest BCUT2D eigenvalue weighted by atomic mass is 10.0. The number of pyridine rings is 1. The average Bonchev–Trinajstić information content (AvgIpc) is 2.98. The highest BCUT2D eigenvalue weighted by molar-refractivity contribution is 6.16. The SMILES string of the molecule is COc1ccc(C(=O)c2nccc3ccc(OC)c(OCc4ccccc4)c23)cc1OCc1ccccc1. The standard InChI is InChI=1S/C32H27NO5/c1-35-26-15-14-25(19-28(26)37-20-22-9-5-3-6-10-22)31(34)30-29-24(17-18-33-30)13-16-27(36-2)32(29)38-21-23-11-7-4-8-12-23/h3-19H,20-21H2,1-2H3. The van der Waals surface area contributed by atoms with Gasteiger partial charge in [-0.2, -0.15) is 0 Å². The molecule has 0 aliphatic heterocycles. The predicted octanol–water partition coefficient (Wildman–Crippen LogP) is 6.64. The maximum atomic E-state index is 13.9. The molecular weight excluding hydrogens is 478 g/mol. The number of benzene rings is 4. The van der Waals surface area contributed by atoms with E-state index in [2.05, 4.69) is 4.98 Å². The van der Waals surface area contributed by atoms with E-state index in [0.717, 1.165) is 16.5 Å². The molecule has 4 aromatic carbocycles. The van der Waals surface area contributed by atoms with Gasteiger partial charge in [-0.3, -0.25) is 9.78 Å². The van der Waals surface area contributed by atoms with Crippen molar-refractivity contribution in [3.05, 3.63) is 126 Å². The summed E-state index contributed by atoms with van der Waals surface area (Å²) in [7, 11) is 3.15. The third-order valence-electron chi connectivity index (χ3n) is 6.17. The fraction of sp³-hybridized carbons (Fsp3) is 0.125. The highest BCUT2D eigenvalue weighted by atomic mass is 16.5. The van der Waals surface area contributed by atoms with Crippen LogP contribution in [-0.4, -0.2) is 25.0 Å². The molecule has 0 aliphatic rings. The van der Waals surface area contributed by atoms with Crippen LogP contribution in [0.2, 0.25) is 0 Å². The molecule has 6 heteroatoms. The first-order chi connectivity index (χ1) is 18.7. The van der Waals surface area contributed by atoms with Crippen molar-refractivity contribution in [1.82, 2.24) is 4.98 Å². The number of hydrogen-bond donors (Lipinski definition) is 0. The second-order valence-electron chi connectivity index (χ2n) is 8.60. The van der Waals surface area contributed by atoms with Gasteiger partial charge in [0.25, 0.3) is 0 Å². The van der Waals surface area contributed by atoms with Gasteiger partial charge in [0.15, 0.2) is 23.0 Å². The molecule has 0 atom stereocenters. The minimum Gasteiger partial charge on any atom is -0.493 e. The molecule has 0 saturated carbocycles. The van der Waals surface area contributed by atoms with Crippen molar-refractivity contribution >= 4 is 16.6 Å². The summed E-state index contributed by atoms with van der Waals surface area (Å²) in [6.45, 7) is 0.662. The molecule has 38 heavy (non-hydrogen) atoms. The summed E-state index contributed by atoms with van der Waals surface area (Å²) in [5.74, 6) is 1.74. The van der Waals surface area contributed by atoms with E-state index in [0.29, 0.717) is 47.2 Å². The summed E-state index contributed by atoms with van der Waals surface area (Å²) >= 11 is 0.